The van der Waals surface area contributed by atoms with Crippen LogP contribution in [-0.4, -0.2) is 13.1 Å². The SMILES string of the molecule is C=Cc1c(F)cc(-c2cc(Cl)ccc2C(=O)OC)cc1F. The molecule has 0 spiro atoms. The molecular formula is C16H11ClF2O2. The second-order valence-corrected chi connectivity index (χ2v) is 4.68. The molecule has 0 aliphatic rings. The molecule has 5 heteroatoms. The summed E-state index contributed by atoms with van der Waals surface area (Å²) in [7, 11) is 1.22. The first-order chi connectivity index (χ1) is 9.97. The Balaban J connectivity index is 2.69. The van der Waals surface area contributed by atoms with E-state index in [9.17, 15) is 13.6 Å². The van der Waals surface area contributed by atoms with Crippen LogP contribution in [0.2, 0.25) is 5.02 Å². The van der Waals surface area contributed by atoms with Crippen molar-refractivity contribution in [3.8, 4) is 11.1 Å². The van der Waals surface area contributed by atoms with Crippen molar-refractivity contribution in [2.45, 2.75) is 0 Å². The van der Waals surface area contributed by atoms with Gasteiger partial charge in [-0.05, 0) is 41.5 Å². The fourth-order valence-electron chi connectivity index (χ4n) is 1.98. The zero-order chi connectivity index (χ0) is 15.6. The summed E-state index contributed by atoms with van der Waals surface area (Å²) in [4.78, 5) is 11.7. The number of hydrogen-bond acceptors (Lipinski definition) is 2. The average molecular weight is 309 g/mol. The van der Waals surface area contributed by atoms with Gasteiger partial charge < -0.3 is 4.74 Å². The van der Waals surface area contributed by atoms with Crippen LogP contribution in [0.1, 0.15) is 15.9 Å². The summed E-state index contributed by atoms with van der Waals surface area (Å²) in [5, 5.41) is 0.339. The molecule has 0 bridgehead atoms. The highest BCUT2D eigenvalue weighted by molar-refractivity contribution is 6.31. The Kier molecular flexibility index (Phi) is 4.38. The van der Waals surface area contributed by atoms with Gasteiger partial charge in [-0.25, -0.2) is 13.6 Å². The maximum Gasteiger partial charge on any atom is 0.338 e. The van der Waals surface area contributed by atoms with Crippen molar-refractivity contribution in [3.05, 3.63) is 64.7 Å². The van der Waals surface area contributed by atoms with Gasteiger partial charge in [0.05, 0.1) is 12.7 Å². The molecule has 0 aliphatic carbocycles. The van der Waals surface area contributed by atoms with Gasteiger partial charge in [-0.2, -0.15) is 0 Å². The molecular weight excluding hydrogens is 298 g/mol. The maximum absolute atomic E-state index is 13.9. The van der Waals surface area contributed by atoms with E-state index in [-0.39, 0.29) is 16.7 Å². The van der Waals surface area contributed by atoms with Crippen LogP contribution in [0.5, 0.6) is 0 Å². The third kappa shape index (κ3) is 2.95. The number of carbonyl (C=O) groups is 1. The third-order valence-corrected chi connectivity index (χ3v) is 3.22. The Labute approximate surface area is 125 Å². The van der Waals surface area contributed by atoms with Gasteiger partial charge in [0.15, 0.2) is 0 Å². The quantitative estimate of drug-likeness (QED) is 0.767. The third-order valence-electron chi connectivity index (χ3n) is 2.98. The van der Waals surface area contributed by atoms with E-state index < -0.39 is 17.6 Å². The average Bonchev–Trinajstić information content (AvgIpc) is 2.46. The molecule has 108 valence electrons. The first kappa shape index (κ1) is 15.2. The molecule has 2 aromatic carbocycles. The van der Waals surface area contributed by atoms with E-state index in [1.807, 2.05) is 0 Å². The lowest BCUT2D eigenvalue weighted by molar-refractivity contribution is 0.0601. The smallest absolute Gasteiger partial charge is 0.338 e. The standard InChI is InChI=1S/C16H11ClF2O2/c1-3-11-14(18)6-9(7-15(11)19)13-8-10(17)4-5-12(13)16(20)21-2/h3-8H,1H2,2H3. The second-order valence-electron chi connectivity index (χ2n) is 4.24. The molecule has 2 nitrogen and oxygen atoms in total. The number of esters is 1. The monoisotopic (exact) mass is 308 g/mol. The lowest BCUT2D eigenvalue weighted by Gasteiger charge is -2.10. The molecule has 0 atom stereocenters. The number of halogens is 3. The number of carbonyl (C=O) groups excluding carboxylic acids is 1. The van der Waals surface area contributed by atoms with Crippen molar-refractivity contribution in [1.29, 1.82) is 0 Å². The first-order valence-electron chi connectivity index (χ1n) is 5.97. The lowest BCUT2D eigenvalue weighted by Crippen LogP contribution is -2.04. The zero-order valence-corrected chi connectivity index (χ0v) is 11.9. The molecule has 0 unspecified atom stereocenters. The number of hydrogen-bond donors (Lipinski definition) is 0. The van der Waals surface area contributed by atoms with Crippen LogP contribution in [0, 0.1) is 11.6 Å². The molecule has 0 aromatic heterocycles. The second kappa shape index (κ2) is 6.06. The zero-order valence-electron chi connectivity index (χ0n) is 11.1. The van der Waals surface area contributed by atoms with E-state index in [0.29, 0.717) is 10.6 Å². The Morgan fingerprint density at radius 1 is 1.24 bits per heavy atom. The van der Waals surface area contributed by atoms with Crippen molar-refractivity contribution in [2.75, 3.05) is 7.11 Å². The molecule has 21 heavy (non-hydrogen) atoms. The van der Waals surface area contributed by atoms with E-state index in [2.05, 4.69) is 11.3 Å². The van der Waals surface area contributed by atoms with Crippen LogP contribution < -0.4 is 0 Å². The highest BCUT2D eigenvalue weighted by Gasteiger charge is 2.17. The number of rotatable bonds is 3. The molecule has 2 aromatic rings. The van der Waals surface area contributed by atoms with Crippen LogP contribution in [0.3, 0.4) is 0 Å². The van der Waals surface area contributed by atoms with E-state index in [1.165, 1.54) is 25.3 Å². The van der Waals surface area contributed by atoms with E-state index in [4.69, 9.17) is 11.6 Å². The van der Waals surface area contributed by atoms with Crippen LogP contribution >= 0.6 is 11.6 Å². The maximum atomic E-state index is 13.9. The summed E-state index contributed by atoms with van der Waals surface area (Å²) in [6.07, 6.45) is 1.09. The Morgan fingerprint density at radius 2 is 1.86 bits per heavy atom. The van der Waals surface area contributed by atoms with Gasteiger partial charge in [0.2, 0.25) is 0 Å². The van der Waals surface area contributed by atoms with Crippen molar-refractivity contribution in [3.63, 3.8) is 0 Å². The fraction of sp³-hybridized carbons (Fsp3) is 0.0625. The van der Waals surface area contributed by atoms with Gasteiger partial charge in [0, 0.05) is 10.6 Å². The van der Waals surface area contributed by atoms with Crippen LogP contribution in [0.25, 0.3) is 17.2 Å². The predicted octanol–water partition coefficient (Wildman–Crippen LogP) is 4.71. The van der Waals surface area contributed by atoms with Crippen molar-refractivity contribution >= 4 is 23.6 Å². The van der Waals surface area contributed by atoms with Gasteiger partial charge in [-0.1, -0.05) is 24.3 Å². The Bertz CT molecular complexity index is 703. The molecule has 0 fully saturated rings. The molecule has 0 aliphatic heterocycles. The van der Waals surface area contributed by atoms with Gasteiger partial charge in [0.1, 0.15) is 11.6 Å². The minimum atomic E-state index is -0.768. The van der Waals surface area contributed by atoms with Crippen molar-refractivity contribution in [2.24, 2.45) is 0 Å². The first-order valence-corrected chi connectivity index (χ1v) is 6.35. The molecule has 0 N–H and O–H groups in total. The van der Waals surface area contributed by atoms with Gasteiger partial charge in [-0.3, -0.25) is 0 Å². The molecule has 0 heterocycles. The highest BCUT2D eigenvalue weighted by atomic mass is 35.5. The number of ether oxygens (including phenoxy) is 1. The minimum absolute atomic E-state index is 0.173. The van der Waals surface area contributed by atoms with Crippen LogP contribution in [0.15, 0.2) is 36.9 Å². The van der Waals surface area contributed by atoms with E-state index in [0.717, 1.165) is 18.2 Å². The molecule has 0 saturated heterocycles. The summed E-state index contributed by atoms with van der Waals surface area (Å²) in [6.45, 7) is 3.35. The highest BCUT2D eigenvalue weighted by Crippen LogP contribution is 2.30. The Hall–Kier alpha value is -2.20. The van der Waals surface area contributed by atoms with Crippen LogP contribution in [-0.2, 0) is 4.74 Å². The summed E-state index contributed by atoms with van der Waals surface area (Å²) in [5.41, 5.74) is 0.439. The molecule has 0 radical (unpaired) electrons. The van der Waals surface area contributed by atoms with Gasteiger partial charge in [0.25, 0.3) is 0 Å². The van der Waals surface area contributed by atoms with E-state index >= 15 is 0 Å². The largest absolute Gasteiger partial charge is 0.465 e. The molecule has 2 rings (SSSR count). The van der Waals surface area contributed by atoms with Gasteiger partial charge in [-0.15, -0.1) is 0 Å². The fourth-order valence-corrected chi connectivity index (χ4v) is 2.15. The predicted molar refractivity (Wildman–Crippen MR) is 78.2 cm³/mol. The van der Waals surface area contributed by atoms with Crippen molar-refractivity contribution in [1.82, 2.24) is 0 Å². The summed E-state index contributed by atoms with van der Waals surface area (Å²) in [5.74, 6) is -2.15. The topological polar surface area (TPSA) is 26.3 Å². The number of methoxy groups -OCH3 is 1. The van der Waals surface area contributed by atoms with Gasteiger partial charge >= 0.3 is 5.97 Å². The Morgan fingerprint density at radius 3 is 2.38 bits per heavy atom. The number of benzene rings is 2. The summed E-state index contributed by atoms with van der Waals surface area (Å²) >= 11 is 5.90. The molecule has 0 amide bonds. The molecule has 0 saturated carbocycles. The van der Waals surface area contributed by atoms with Crippen LogP contribution in [0.4, 0.5) is 8.78 Å². The lowest BCUT2D eigenvalue weighted by atomic mass is 9.98. The normalized spacial score (nSPS) is 10.3. The van der Waals surface area contributed by atoms with E-state index in [1.54, 1.807) is 0 Å². The summed E-state index contributed by atoms with van der Waals surface area (Å²) < 4.78 is 32.4. The van der Waals surface area contributed by atoms with Crippen molar-refractivity contribution < 1.29 is 18.3 Å². The summed E-state index contributed by atoms with van der Waals surface area (Å²) in [6, 6.07) is 6.65. The minimum Gasteiger partial charge on any atom is -0.465 e.